The lowest BCUT2D eigenvalue weighted by Crippen LogP contribution is -2.50. The molecular weight excluding hydrogens is 276 g/mol. The Morgan fingerprint density at radius 2 is 1.85 bits per heavy atom. The largest absolute Gasteiger partial charge is 0.481 e. The Hall–Kier alpha value is -2.20. The molecule has 0 aromatic carbocycles. The van der Waals surface area contributed by atoms with E-state index in [1.54, 1.807) is 0 Å². The summed E-state index contributed by atoms with van der Waals surface area (Å²) in [5.41, 5.74) is 0. The first-order valence-corrected chi connectivity index (χ1v) is 5.43. The fraction of sp³-hybridized carbons (Fsp3) is 0.600. The van der Waals surface area contributed by atoms with Gasteiger partial charge in [0.25, 0.3) is 0 Å². The van der Waals surface area contributed by atoms with Gasteiger partial charge in [0.2, 0.25) is 0 Å². The molecule has 114 valence electrons. The summed E-state index contributed by atoms with van der Waals surface area (Å²) in [5, 5.41) is 19.7. The average molecular weight is 292 g/mol. The highest BCUT2D eigenvalue weighted by Crippen LogP contribution is 2.05. The quantitative estimate of drug-likeness (QED) is 0.437. The van der Waals surface area contributed by atoms with E-state index in [-0.39, 0.29) is 19.4 Å². The third-order valence-electron chi connectivity index (χ3n) is 2.33. The number of carboxylic acids is 2. The summed E-state index contributed by atoms with van der Waals surface area (Å²) >= 11 is 0. The van der Waals surface area contributed by atoms with Gasteiger partial charge >= 0.3 is 23.9 Å². The Balaban J connectivity index is 0.00000361. The van der Waals surface area contributed by atoms with Gasteiger partial charge in [-0.2, -0.15) is 0 Å². The number of cyclic esters (lactones) is 2. The molecule has 0 aromatic heterocycles. The summed E-state index contributed by atoms with van der Waals surface area (Å²) in [7, 11) is 0. The molecule has 1 fully saturated rings. The molecule has 2 unspecified atom stereocenters. The van der Waals surface area contributed by atoms with Crippen molar-refractivity contribution in [2.45, 2.75) is 24.9 Å². The highest BCUT2D eigenvalue weighted by atomic mass is 16.6. The van der Waals surface area contributed by atoms with Gasteiger partial charge in [-0.05, 0) is 0 Å². The predicted molar refractivity (Wildman–Crippen MR) is 62.2 cm³/mol. The number of carbonyl (C=O) groups is 4. The van der Waals surface area contributed by atoms with Crippen LogP contribution in [0.3, 0.4) is 0 Å². The number of esters is 2. The van der Waals surface area contributed by atoms with E-state index in [4.69, 9.17) is 14.9 Å². The maximum atomic E-state index is 11.5. The summed E-state index contributed by atoms with van der Waals surface area (Å²) in [6.07, 6.45) is -1.14. The third-order valence-corrected chi connectivity index (χ3v) is 2.33. The molecular formula is C10H16N2O8. The van der Waals surface area contributed by atoms with Crippen LogP contribution < -0.4 is 11.5 Å². The maximum absolute atomic E-state index is 11.5. The molecule has 1 saturated heterocycles. The minimum absolute atomic E-state index is 0. The van der Waals surface area contributed by atoms with E-state index in [1.165, 1.54) is 0 Å². The molecule has 10 heteroatoms. The lowest BCUT2D eigenvalue weighted by Gasteiger charge is -2.22. The van der Waals surface area contributed by atoms with Crippen molar-refractivity contribution in [3.05, 3.63) is 0 Å². The van der Waals surface area contributed by atoms with E-state index in [2.05, 4.69) is 10.1 Å². The first-order valence-electron chi connectivity index (χ1n) is 5.43. The molecule has 0 spiro atoms. The molecule has 0 saturated carbocycles. The molecule has 6 N–H and O–H groups in total. The molecule has 0 amide bonds. The van der Waals surface area contributed by atoms with E-state index in [0.29, 0.717) is 0 Å². The van der Waals surface area contributed by atoms with Crippen molar-refractivity contribution < 1.29 is 38.9 Å². The summed E-state index contributed by atoms with van der Waals surface area (Å²) in [6, 6.07) is -2.74. The van der Waals surface area contributed by atoms with E-state index in [0.717, 1.165) is 0 Å². The predicted octanol–water partition coefficient (Wildman–Crippen LogP) is -1.48. The number of ether oxygens (including phenoxy) is 2. The molecule has 1 aliphatic rings. The van der Waals surface area contributed by atoms with Crippen LogP contribution in [0, 0.1) is 0 Å². The summed E-state index contributed by atoms with van der Waals surface area (Å²) < 4.78 is 9.38. The summed E-state index contributed by atoms with van der Waals surface area (Å²) in [4.78, 5) is 44.1. The molecule has 2 atom stereocenters. The van der Waals surface area contributed by atoms with Gasteiger partial charge in [-0.1, -0.05) is 0 Å². The SMILES string of the molecule is N.O=C(O)CC(NC1CC(=O)OCCOC1=O)C(=O)O. The zero-order valence-corrected chi connectivity index (χ0v) is 10.5. The van der Waals surface area contributed by atoms with Crippen molar-refractivity contribution >= 4 is 23.9 Å². The van der Waals surface area contributed by atoms with Crippen LogP contribution in [0.1, 0.15) is 12.8 Å². The van der Waals surface area contributed by atoms with Crippen LogP contribution in [0.15, 0.2) is 0 Å². The average Bonchev–Trinajstić information content (AvgIpc) is 2.30. The Kier molecular flexibility index (Phi) is 7.18. The standard InChI is InChI=1S/C10H13NO8.H3N/c12-7(13)3-5(9(15)16)11-6-4-8(14)18-1-2-19-10(6)17;/h5-6,11H,1-4H2,(H,12,13)(H,15,16);1H3. The monoisotopic (exact) mass is 292 g/mol. The fourth-order valence-electron chi connectivity index (χ4n) is 1.47. The van der Waals surface area contributed by atoms with Crippen LogP contribution in [-0.4, -0.2) is 59.4 Å². The second kappa shape index (κ2) is 8.07. The highest BCUT2D eigenvalue weighted by molar-refractivity contribution is 5.85. The smallest absolute Gasteiger partial charge is 0.323 e. The number of hydrogen-bond donors (Lipinski definition) is 4. The molecule has 20 heavy (non-hydrogen) atoms. The van der Waals surface area contributed by atoms with Crippen LogP contribution in [0.2, 0.25) is 0 Å². The lowest BCUT2D eigenvalue weighted by atomic mass is 10.1. The first kappa shape index (κ1) is 17.8. The molecule has 0 aromatic rings. The van der Waals surface area contributed by atoms with Gasteiger partial charge in [-0.25, -0.2) is 0 Å². The van der Waals surface area contributed by atoms with Gasteiger partial charge in [0, 0.05) is 0 Å². The number of rotatable bonds is 5. The zero-order chi connectivity index (χ0) is 14.4. The Morgan fingerprint density at radius 3 is 2.40 bits per heavy atom. The summed E-state index contributed by atoms with van der Waals surface area (Å²) in [6.45, 7) is -0.186. The highest BCUT2D eigenvalue weighted by Gasteiger charge is 2.32. The molecule has 1 aliphatic heterocycles. The Labute approximate surface area is 113 Å². The normalized spacial score (nSPS) is 20.5. The van der Waals surface area contributed by atoms with Crippen molar-refractivity contribution in [2.75, 3.05) is 13.2 Å². The van der Waals surface area contributed by atoms with Crippen molar-refractivity contribution in [3.8, 4) is 0 Å². The minimum Gasteiger partial charge on any atom is -0.481 e. The third kappa shape index (κ3) is 5.63. The van der Waals surface area contributed by atoms with Crippen molar-refractivity contribution in [2.24, 2.45) is 0 Å². The van der Waals surface area contributed by atoms with E-state index in [9.17, 15) is 19.2 Å². The van der Waals surface area contributed by atoms with Crippen LogP contribution in [0.4, 0.5) is 0 Å². The van der Waals surface area contributed by atoms with Gasteiger partial charge in [0.1, 0.15) is 25.3 Å². The van der Waals surface area contributed by atoms with Crippen molar-refractivity contribution in [3.63, 3.8) is 0 Å². The van der Waals surface area contributed by atoms with Gasteiger partial charge in [-0.15, -0.1) is 0 Å². The van der Waals surface area contributed by atoms with E-state index >= 15 is 0 Å². The van der Waals surface area contributed by atoms with Gasteiger partial charge in [0.15, 0.2) is 0 Å². The fourth-order valence-corrected chi connectivity index (χ4v) is 1.47. The molecule has 0 bridgehead atoms. The Morgan fingerprint density at radius 1 is 1.25 bits per heavy atom. The number of nitrogens with one attached hydrogen (secondary N) is 1. The van der Waals surface area contributed by atoms with Crippen LogP contribution in [-0.2, 0) is 28.7 Å². The number of hydrogen-bond acceptors (Lipinski definition) is 8. The first-order chi connectivity index (χ1) is 8.90. The van der Waals surface area contributed by atoms with Crippen LogP contribution in [0.25, 0.3) is 0 Å². The topological polar surface area (TPSA) is 174 Å². The minimum atomic E-state index is -1.50. The lowest BCUT2D eigenvalue weighted by molar-refractivity contribution is -0.162. The number of carbonyl (C=O) groups excluding carboxylic acids is 2. The van der Waals surface area contributed by atoms with Crippen molar-refractivity contribution in [1.29, 1.82) is 0 Å². The van der Waals surface area contributed by atoms with E-state index < -0.39 is 48.8 Å². The van der Waals surface area contributed by atoms with Crippen LogP contribution >= 0.6 is 0 Å². The van der Waals surface area contributed by atoms with Gasteiger partial charge in [-0.3, -0.25) is 24.5 Å². The Bertz CT molecular complexity index is 397. The summed E-state index contributed by atoms with van der Waals surface area (Å²) in [5.74, 6) is -4.28. The molecule has 1 heterocycles. The second-order valence-electron chi connectivity index (χ2n) is 3.80. The second-order valence-corrected chi connectivity index (χ2v) is 3.80. The number of aliphatic carboxylic acids is 2. The van der Waals surface area contributed by atoms with Gasteiger partial charge < -0.3 is 25.8 Å². The van der Waals surface area contributed by atoms with Crippen LogP contribution in [0.5, 0.6) is 0 Å². The molecule has 10 nitrogen and oxygen atoms in total. The maximum Gasteiger partial charge on any atom is 0.323 e. The molecule has 0 aliphatic carbocycles. The zero-order valence-electron chi connectivity index (χ0n) is 10.5. The van der Waals surface area contributed by atoms with E-state index in [1.807, 2.05) is 0 Å². The molecule has 0 radical (unpaired) electrons. The molecule has 1 rings (SSSR count). The number of carboxylic acid groups (broad SMARTS) is 2. The van der Waals surface area contributed by atoms with Crippen molar-refractivity contribution in [1.82, 2.24) is 11.5 Å². The van der Waals surface area contributed by atoms with Gasteiger partial charge in [0.05, 0.1) is 12.8 Å².